The van der Waals surface area contributed by atoms with Crippen LogP contribution in [0.3, 0.4) is 0 Å². The van der Waals surface area contributed by atoms with Crippen LogP contribution < -0.4 is 0 Å². The minimum Gasteiger partial charge on any atom is -0.389 e. The summed E-state index contributed by atoms with van der Waals surface area (Å²) in [7, 11) is 0. The average Bonchev–Trinajstić information content (AvgIpc) is 2.81. The van der Waals surface area contributed by atoms with Crippen LogP contribution in [0.4, 0.5) is 0 Å². The van der Waals surface area contributed by atoms with Gasteiger partial charge in [0, 0.05) is 6.20 Å². The molecule has 1 atom stereocenters. The molecule has 0 saturated heterocycles. The van der Waals surface area contributed by atoms with Gasteiger partial charge in [0.25, 0.3) is 0 Å². The third kappa shape index (κ3) is 2.78. The topological polar surface area (TPSA) is 46.0 Å². The van der Waals surface area contributed by atoms with Gasteiger partial charge < -0.3 is 5.11 Å². The van der Waals surface area contributed by atoms with Gasteiger partial charge in [-0.3, -0.25) is 0 Å². The Bertz CT molecular complexity index is 676. The summed E-state index contributed by atoms with van der Waals surface area (Å²) in [5.41, 5.74) is 1.89. The fourth-order valence-electron chi connectivity index (χ4n) is 1.72. The molecule has 2 heterocycles. The summed E-state index contributed by atoms with van der Waals surface area (Å²) in [6, 6.07) is 11.8. The molecule has 0 aliphatic carbocycles. The van der Waals surface area contributed by atoms with Crippen LogP contribution in [-0.2, 0) is 0 Å². The lowest BCUT2D eigenvalue weighted by atomic mass is 10.2. The van der Waals surface area contributed by atoms with E-state index in [0.717, 1.165) is 20.4 Å². The Kier molecular flexibility index (Phi) is 3.50. The molecule has 0 radical (unpaired) electrons. The first-order chi connectivity index (χ1) is 9.22. The molecule has 1 N–H and O–H groups in total. The van der Waals surface area contributed by atoms with Crippen LogP contribution in [-0.4, -0.2) is 15.1 Å². The van der Waals surface area contributed by atoms with Crippen molar-refractivity contribution < 1.29 is 5.11 Å². The highest BCUT2D eigenvalue weighted by molar-refractivity contribution is 8.01. The van der Waals surface area contributed by atoms with Crippen molar-refractivity contribution in [2.45, 2.75) is 22.4 Å². The molecule has 0 amide bonds. The van der Waals surface area contributed by atoms with Gasteiger partial charge in [-0.2, -0.15) is 0 Å². The quantitative estimate of drug-likeness (QED) is 0.794. The lowest BCUT2D eigenvalue weighted by Gasteiger charge is -2.04. The number of pyridine rings is 1. The zero-order valence-corrected chi connectivity index (χ0v) is 11.9. The van der Waals surface area contributed by atoms with E-state index < -0.39 is 6.10 Å². The van der Waals surface area contributed by atoms with Crippen molar-refractivity contribution in [2.75, 3.05) is 0 Å². The minimum atomic E-state index is -0.474. The highest BCUT2D eigenvalue weighted by Gasteiger charge is 2.08. The van der Waals surface area contributed by atoms with Crippen molar-refractivity contribution in [1.82, 2.24) is 9.97 Å². The number of thiazole rings is 1. The molecule has 0 spiro atoms. The smallest absolute Gasteiger partial charge is 0.157 e. The zero-order chi connectivity index (χ0) is 13.2. The Morgan fingerprint density at radius 2 is 2.11 bits per heavy atom. The molecule has 0 saturated carbocycles. The molecule has 3 rings (SSSR count). The summed E-state index contributed by atoms with van der Waals surface area (Å²) >= 11 is 3.19. The van der Waals surface area contributed by atoms with Crippen molar-refractivity contribution >= 4 is 33.3 Å². The summed E-state index contributed by atoms with van der Waals surface area (Å²) in [5, 5.41) is 10.4. The Hall–Kier alpha value is -1.43. The number of aliphatic hydroxyl groups is 1. The molecular formula is C14H12N2OS2. The van der Waals surface area contributed by atoms with Gasteiger partial charge in [-0.15, -0.1) is 11.3 Å². The van der Waals surface area contributed by atoms with Crippen molar-refractivity contribution in [1.29, 1.82) is 0 Å². The van der Waals surface area contributed by atoms with E-state index in [2.05, 4.69) is 16.0 Å². The summed E-state index contributed by atoms with van der Waals surface area (Å²) in [5.74, 6) is 0. The van der Waals surface area contributed by atoms with E-state index in [-0.39, 0.29) is 0 Å². The fraction of sp³-hybridized carbons (Fsp3) is 0.143. The van der Waals surface area contributed by atoms with Crippen molar-refractivity contribution in [3.8, 4) is 0 Å². The first-order valence-corrected chi connectivity index (χ1v) is 7.53. The maximum atomic E-state index is 9.58. The van der Waals surface area contributed by atoms with Crippen LogP contribution in [0, 0.1) is 0 Å². The van der Waals surface area contributed by atoms with E-state index in [9.17, 15) is 5.11 Å². The molecule has 3 aromatic rings. The van der Waals surface area contributed by atoms with Gasteiger partial charge >= 0.3 is 0 Å². The minimum absolute atomic E-state index is 0.474. The normalized spacial score (nSPS) is 12.7. The molecule has 0 bridgehead atoms. The second-order valence-electron chi connectivity index (χ2n) is 4.15. The number of fused-ring (bicyclic) bond motifs is 1. The van der Waals surface area contributed by atoms with Crippen molar-refractivity contribution in [2.24, 2.45) is 0 Å². The molecule has 0 fully saturated rings. The number of hydrogen-bond donors (Lipinski definition) is 1. The maximum Gasteiger partial charge on any atom is 0.157 e. The lowest BCUT2D eigenvalue weighted by Crippen LogP contribution is -1.92. The Labute approximate surface area is 119 Å². The van der Waals surface area contributed by atoms with E-state index in [1.165, 1.54) is 16.5 Å². The van der Waals surface area contributed by atoms with Crippen molar-refractivity contribution in [3.63, 3.8) is 0 Å². The van der Waals surface area contributed by atoms with Gasteiger partial charge in [0.1, 0.15) is 5.03 Å². The molecule has 1 aromatic carbocycles. The predicted octanol–water partition coefficient (Wildman–Crippen LogP) is 3.90. The number of rotatable bonds is 3. The monoisotopic (exact) mass is 288 g/mol. The molecule has 0 aliphatic heterocycles. The summed E-state index contributed by atoms with van der Waals surface area (Å²) < 4.78 is 2.15. The summed E-state index contributed by atoms with van der Waals surface area (Å²) in [6.45, 7) is 1.75. The summed E-state index contributed by atoms with van der Waals surface area (Å²) in [6.07, 6.45) is 1.25. The fourth-order valence-corrected chi connectivity index (χ4v) is 3.75. The van der Waals surface area contributed by atoms with Crippen LogP contribution in [0.15, 0.2) is 52.0 Å². The molecule has 2 aromatic heterocycles. The second kappa shape index (κ2) is 5.28. The number of hydrogen-bond acceptors (Lipinski definition) is 5. The molecule has 96 valence electrons. The third-order valence-electron chi connectivity index (χ3n) is 2.71. The molecule has 3 nitrogen and oxygen atoms in total. The van der Waals surface area contributed by atoms with Gasteiger partial charge in [0.2, 0.25) is 0 Å². The lowest BCUT2D eigenvalue weighted by molar-refractivity contribution is 0.199. The SMILES string of the molecule is CC(O)c1ccnc(Sc2nc3ccccc3s2)c1. The Morgan fingerprint density at radius 3 is 2.89 bits per heavy atom. The number of benzene rings is 1. The van der Waals surface area contributed by atoms with E-state index >= 15 is 0 Å². The molecule has 0 aliphatic rings. The molecular weight excluding hydrogens is 276 g/mol. The van der Waals surface area contributed by atoms with Gasteiger partial charge in [0.15, 0.2) is 4.34 Å². The van der Waals surface area contributed by atoms with Gasteiger partial charge in [-0.25, -0.2) is 9.97 Å². The number of aromatic nitrogens is 2. The van der Waals surface area contributed by atoms with Crippen LogP contribution in [0.2, 0.25) is 0 Å². The van der Waals surface area contributed by atoms with Gasteiger partial charge in [0.05, 0.1) is 16.3 Å². The summed E-state index contributed by atoms with van der Waals surface area (Å²) in [4.78, 5) is 8.87. The second-order valence-corrected chi connectivity index (χ2v) is 6.45. The molecule has 5 heteroatoms. The van der Waals surface area contributed by atoms with E-state index in [0.29, 0.717) is 0 Å². The maximum absolute atomic E-state index is 9.58. The Balaban J connectivity index is 1.90. The highest BCUT2D eigenvalue weighted by Crippen LogP contribution is 2.33. The number of aliphatic hydroxyl groups excluding tert-OH is 1. The van der Waals surface area contributed by atoms with Crippen LogP contribution in [0.1, 0.15) is 18.6 Å². The first-order valence-electron chi connectivity index (χ1n) is 5.90. The van der Waals surface area contributed by atoms with E-state index in [1.807, 2.05) is 30.3 Å². The standard InChI is InChI=1S/C14H12N2OS2/c1-9(17)10-6-7-15-13(8-10)19-14-16-11-4-2-3-5-12(11)18-14/h2-9,17H,1H3. The first kappa shape index (κ1) is 12.6. The van der Waals surface area contributed by atoms with Crippen molar-refractivity contribution in [3.05, 3.63) is 48.2 Å². The van der Waals surface area contributed by atoms with E-state index in [4.69, 9.17) is 0 Å². The number of nitrogens with zero attached hydrogens (tertiary/aromatic N) is 2. The van der Waals surface area contributed by atoms with Crippen LogP contribution in [0.5, 0.6) is 0 Å². The average molecular weight is 288 g/mol. The molecule has 1 unspecified atom stereocenters. The van der Waals surface area contributed by atoms with Crippen LogP contribution in [0.25, 0.3) is 10.2 Å². The largest absolute Gasteiger partial charge is 0.389 e. The highest BCUT2D eigenvalue weighted by atomic mass is 32.2. The molecule has 19 heavy (non-hydrogen) atoms. The van der Waals surface area contributed by atoms with Crippen LogP contribution >= 0.6 is 23.1 Å². The zero-order valence-electron chi connectivity index (χ0n) is 10.3. The van der Waals surface area contributed by atoms with E-state index in [1.54, 1.807) is 24.5 Å². The Morgan fingerprint density at radius 1 is 1.26 bits per heavy atom. The third-order valence-corrected chi connectivity index (χ3v) is 4.74. The van der Waals surface area contributed by atoms with Gasteiger partial charge in [-0.05, 0) is 48.5 Å². The predicted molar refractivity (Wildman–Crippen MR) is 78.6 cm³/mol. The number of para-hydroxylation sites is 1. The van der Waals surface area contributed by atoms with Gasteiger partial charge in [-0.1, -0.05) is 12.1 Å².